The summed E-state index contributed by atoms with van der Waals surface area (Å²) < 4.78 is 0. The molecule has 1 aliphatic heterocycles. The normalized spacial score (nSPS) is 17.0. The molecule has 138 valence electrons. The molecule has 2 aromatic rings. The Labute approximate surface area is 166 Å². The molecule has 3 amide bonds. The van der Waals surface area contributed by atoms with Crippen LogP contribution >= 0.6 is 34.5 Å². The maximum Gasteiger partial charge on any atom is 0.317 e. The quantitative estimate of drug-likeness (QED) is 0.770. The van der Waals surface area contributed by atoms with E-state index < -0.39 is 0 Å². The van der Waals surface area contributed by atoms with Crippen LogP contribution in [0.1, 0.15) is 17.7 Å². The smallest absolute Gasteiger partial charge is 0.317 e. The summed E-state index contributed by atoms with van der Waals surface area (Å²) in [5.74, 6) is -0.381. The number of thiophene rings is 1. The van der Waals surface area contributed by atoms with Crippen molar-refractivity contribution in [3.05, 3.63) is 50.6 Å². The SMILES string of the molecule is O=C(Nc1cc(Cl)cc(Cl)c1)C1CCCN(C(=O)NCc2cccs2)C1. The molecule has 1 saturated heterocycles. The van der Waals surface area contributed by atoms with Crippen molar-refractivity contribution in [3.63, 3.8) is 0 Å². The van der Waals surface area contributed by atoms with Crippen LogP contribution in [0.25, 0.3) is 0 Å². The van der Waals surface area contributed by atoms with Crippen LogP contribution in [0.3, 0.4) is 0 Å². The Morgan fingerprint density at radius 1 is 1.23 bits per heavy atom. The second-order valence-corrected chi connectivity index (χ2v) is 8.08. The third-order valence-corrected chi connectivity index (χ3v) is 5.52. The van der Waals surface area contributed by atoms with E-state index in [1.54, 1.807) is 34.4 Å². The van der Waals surface area contributed by atoms with Crippen molar-refractivity contribution >= 4 is 52.2 Å². The zero-order valence-corrected chi connectivity index (χ0v) is 16.3. The standard InChI is InChI=1S/C18H19Cl2N3O2S/c19-13-7-14(20)9-15(8-13)22-17(24)12-3-1-5-23(11-12)18(25)21-10-16-4-2-6-26-16/h2,4,6-9,12H,1,3,5,10-11H2,(H,21,25)(H,22,24). The van der Waals surface area contributed by atoms with E-state index >= 15 is 0 Å². The van der Waals surface area contributed by atoms with Crippen LogP contribution in [0.15, 0.2) is 35.7 Å². The molecule has 3 rings (SSSR count). The van der Waals surface area contributed by atoms with Gasteiger partial charge in [-0.3, -0.25) is 4.79 Å². The molecule has 1 aromatic heterocycles. The topological polar surface area (TPSA) is 61.4 Å². The first kappa shape index (κ1) is 19.0. The van der Waals surface area contributed by atoms with Crippen LogP contribution in [-0.2, 0) is 11.3 Å². The van der Waals surface area contributed by atoms with Crippen LogP contribution < -0.4 is 10.6 Å². The van der Waals surface area contributed by atoms with Crippen molar-refractivity contribution in [1.29, 1.82) is 0 Å². The summed E-state index contributed by atoms with van der Waals surface area (Å²) in [4.78, 5) is 27.7. The number of carbonyl (C=O) groups is 2. The largest absolute Gasteiger partial charge is 0.333 e. The van der Waals surface area contributed by atoms with E-state index in [0.717, 1.165) is 17.7 Å². The molecule has 1 aromatic carbocycles. The lowest BCUT2D eigenvalue weighted by atomic mass is 9.97. The van der Waals surface area contributed by atoms with Gasteiger partial charge in [0.05, 0.1) is 12.5 Å². The molecule has 5 nitrogen and oxygen atoms in total. The summed E-state index contributed by atoms with van der Waals surface area (Å²) in [7, 11) is 0. The molecule has 0 bridgehead atoms. The van der Waals surface area contributed by atoms with E-state index in [0.29, 0.717) is 35.4 Å². The first-order valence-corrected chi connectivity index (χ1v) is 9.97. The van der Waals surface area contributed by atoms with Crippen molar-refractivity contribution in [1.82, 2.24) is 10.2 Å². The number of hydrogen-bond acceptors (Lipinski definition) is 3. The van der Waals surface area contributed by atoms with Crippen molar-refractivity contribution in [2.75, 3.05) is 18.4 Å². The Morgan fingerprint density at radius 2 is 2.00 bits per heavy atom. The molecule has 1 atom stereocenters. The number of benzene rings is 1. The predicted molar refractivity (Wildman–Crippen MR) is 106 cm³/mol. The van der Waals surface area contributed by atoms with E-state index in [1.807, 2.05) is 17.5 Å². The lowest BCUT2D eigenvalue weighted by Gasteiger charge is -2.32. The van der Waals surface area contributed by atoms with Gasteiger partial charge in [-0.15, -0.1) is 11.3 Å². The van der Waals surface area contributed by atoms with Crippen molar-refractivity contribution < 1.29 is 9.59 Å². The van der Waals surface area contributed by atoms with Crippen LogP contribution in [0.2, 0.25) is 10.0 Å². The number of amides is 3. The van der Waals surface area contributed by atoms with Gasteiger partial charge in [-0.1, -0.05) is 29.3 Å². The van der Waals surface area contributed by atoms with Gasteiger partial charge in [-0.05, 0) is 42.5 Å². The molecule has 2 heterocycles. The highest BCUT2D eigenvalue weighted by atomic mass is 35.5. The fourth-order valence-corrected chi connectivity index (χ4v) is 4.10. The first-order valence-electron chi connectivity index (χ1n) is 8.33. The maximum absolute atomic E-state index is 12.5. The third-order valence-electron chi connectivity index (χ3n) is 4.20. The number of hydrogen-bond donors (Lipinski definition) is 2. The average molecular weight is 412 g/mol. The highest BCUT2D eigenvalue weighted by Gasteiger charge is 2.28. The maximum atomic E-state index is 12.5. The van der Waals surface area contributed by atoms with Gasteiger partial charge in [0.1, 0.15) is 0 Å². The molecule has 0 saturated carbocycles. The lowest BCUT2D eigenvalue weighted by Crippen LogP contribution is -2.47. The van der Waals surface area contributed by atoms with Gasteiger partial charge >= 0.3 is 6.03 Å². The van der Waals surface area contributed by atoms with Gasteiger partial charge in [-0.2, -0.15) is 0 Å². The number of anilines is 1. The molecule has 1 aliphatic rings. The van der Waals surface area contributed by atoms with Crippen LogP contribution in [0, 0.1) is 5.92 Å². The summed E-state index contributed by atoms with van der Waals surface area (Å²) in [5, 5.41) is 8.66. The number of nitrogens with one attached hydrogen (secondary N) is 2. The van der Waals surface area contributed by atoms with Crippen LogP contribution in [0.4, 0.5) is 10.5 Å². The Hall–Kier alpha value is -1.76. The Morgan fingerprint density at radius 3 is 2.69 bits per heavy atom. The summed E-state index contributed by atoms with van der Waals surface area (Å²) >= 11 is 13.5. The number of rotatable bonds is 4. The number of piperidine rings is 1. The second-order valence-electron chi connectivity index (χ2n) is 6.17. The Balaban J connectivity index is 1.55. The fraction of sp³-hybridized carbons (Fsp3) is 0.333. The number of carbonyl (C=O) groups excluding carboxylic acids is 2. The molecule has 0 aliphatic carbocycles. The summed E-state index contributed by atoms with van der Waals surface area (Å²) in [6.45, 7) is 1.56. The van der Waals surface area contributed by atoms with E-state index in [9.17, 15) is 9.59 Å². The minimum Gasteiger partial charge on any atom is -0.333 e. The van der Waals surface area contributed by atoms with Gasteiger partial charge in [0, 0.05) is 33.7 Å². The highest BCUT2D eigenvalue weighted by molar-refractivity contribution is 7.09. The van der Waals surface area contributed by atoms with Crippen molar-refractivity contribution in [2.24, 2.45) is 5.92 Å². The van der Waals surface area contributed by atoms with Crippen molar-refractivity contribution in [3.8, 4) is 0 Å². The Bertz CT molecular complexity index is 762. The van der Waals surface area contributed by atoms with E-state index in [2.05, 4.69) is 10.6 Å². The van der Waals surface area contributed by atoms with Crippen molar-refractivity contribution in [2.45, 2.75) is 19.4 Å². The molecule has 1 unspecified atom stereocenters. The van der Waals surface area contributed by atoms with Crippen LogP contribution in [-0.4, -0.2) is 29.9 Å². The minimum absolute atomic E-state index is 0.126. The van der Waals surface area contributed by atoms with E-state index in [4.69, 9.17) is 23.2 Å². The van der Waals surface area contributed by atoms with Gasteiger partial charge in [-0.25, -0.2) is 4.79 Å². The van der Waals surface area contributed by atoms with Gasteiger partial charge in [0.2, 0.25) is 5.91 Å². The third kappa shape index (κ3) is 5.13. The lowest BCUT2D eigenvalue weighted by molar-refractivity contribution is -0.121. The molecule has 26 heavy (non-hydrogen) atoms. The van der Waals surface area contributed by atoms with E-state index in [1.165, 1.54) is 0 Å². The molecular formula is C18H19Cl2N3O2S. The highest BCUT2D eigenvalue weighted by Crippen LogP contribution is 2.24. The number of likely N-dealkylation sites (tertiary alicyclic amines) is 1. The second kappa shape index (κ2) is 8.75. The number of nitrogens with zero attached hydrogens (tertiary/aromatic N) is 1. The molecule has 1 fully saturated rings. The van der Waals surface area contributed by atoms with E-state index in [-0.39, 0.29) is 17.9 Å². The summed E-state index contributed by atoms with van der Waals surface area (Å²) in [6.07, 6.45) is 1.54. The monoisotopic (exact) mass is 411 g/mol. The van der Waals surface area contributed by atoms with Gasteiger partial charge < -0.3 is 15.5 Å². The summed E-state index contributed by atoms with van der Waals surface area (Å²) in [5.41, 5.74) is 0.562. The fourth-order valence-electron chi connectivity index (χ4n) is 2.93. The molecule has 2 N–H and O–H groups in total. The Kier molecular flexibility index (Phi) is 6.40. The molecular weight excluding hydrogens is 393 g/mol. The zero-order chi connectivity index (χ0) is 18.5. The predicted octanol–water partition coefficient (Wildman–Crippen LogP) is 4.62. The zero-order valence-electron chi connectivity index (χ0n) is 14.0. The molecule has 0 radical (unpaired) electrons. The number of urea groups is 1. The van der Waals surface area contributed by atoms with Crippen LogP contribution in [0.5, 0.6) is 0 Å². The average Bonchev–Trinajstić information content (AvgIpc) is 3.12. The minimum atomic E-state index is -0.256. The van der Waals surface area contributed by atoms with Gasteiger partial charge in [0.15, 0.2) is 0 Å². The molecule has 8 heteroatoms. The molecule has 0 spiro atoms. The van der Waals surface area contributed by atoms with Gasteiger partial charge in [0.25, 0.3) is 0 Å². The summed E-state index contributed by atoms with van der Waals surface area (Å²) in [6, 6.07) is 8.71. The number of halogens is 2. The first-order chi connectivity index (χ1) is 12.5.